The molecule has 0 aliphatic rings. The standard InChI is InChI=1S/C10H18N4OS/c1-7(2)14-8(9(11)15)3-6-16-10-12-4-5-13-10/h4-5,7-8,14H,3,6H2,1-2H3,(H2,11,15)(H,12,13). The second-order valence-corrected chi connectivity index (χ2v) is 4.89. The van der Waals surface area contributed by atoms with Crippen molar-refractivity contribution in [1.29, 1.82) is 0 Å². The molecule has 16 heavy (non-hydrogen) atoms. The van der Waals surface area contributed by atoms with E-state index < -0.39 is 0 Å². The largest absolute Gasteiger partial charge is 0.368 e. The van der Waals surface area contributed by atoms with Gasteiger partial charge in [-0.15, -0.1) is 0 Å². The van der Waals surface area contributed by atoms with Crippen LogP contribution in [0.1, 0.15) is 20.3 Å². The summed E-state index contributed by atoms with van der Waals surface area (Å²) in [6.07, 6.45) is 4.19. The number of aromatic amines is 1. The fourth-order valence-corrected chi connectivity index (χ4v) is 2.15. The minimum Gasteiger partial charge on any atom is -0.368 e. The number of H-pyrrole nitrogens is 1. The van der Waals surface area contributed by atoms with Crippen LogP contribution in [0.15, 0.2) is 17.6 Å². The van der Waals surface area contributed by atoms with Crippen LogP contribution in [0.5, 0.6) is 0 Å². The number of nitrogens with two attached hydrogens (primary N) is 1. The number of primary amides is 1. The van der Waals surface area contributed by atoms with Crippen LogP contribution in [0.2, 0.25) is 0 Å². The fraction of sp³-hybridized carbons (Fsp3) is 0.600. The number of nitrogens with zero attached hydrogens (tertiary/aromatic N) is 1. The van der Waals surface area contributed by atoms with Crippen molar-refractivity contribution in [3.05, 3.63) is 12.4 Å². The van der Waals surface area contributed by atoms with Crippen LogP contribution in [0.4, 0.5) is 0 Å². The summed E-state index contributed by atoms with van der Waals surface area (Å²) in [6.45, 7) is 3.99. The second kappa shape index (κ2) is 6.55. The van der Waals surface area contributed by atoms with Crippen molar-refractivity contribution >= 4 is 17.7 Å². The minimum absolute atomic E-state index is 0.256. The van der Waals surface area contributed by atoms with Gasteiger partial charge in [0.1, 0.15) is 0 Å². The molecule has 1 heterocycles. The molecule has 1 aromatic rings. The number of hydrogen-bond donors (Lipinski definition) is 3. The molecule has 0 spiro atoms. The predicted molar refractivity (Wildman–Crippen MR) is 65.2 cm³/mol. The van der Waals surface area contributed by atoms with E-state index in [1.807, 2.05) is 13.8 Å². The molecule has 0 aliphatic heterocycles. The lowest BCUT2D eigenvalue weighted by Gasteiger charge is -2.17. The van der Waals surface area contributed by atoms with Gasteiger partial charge in [-0.05, 0) is 6.42 Å². The highest BCUT2D eigenvalue weighted by Crippen LogP contribution is 2.13. The molecule has 0 saturated heterocycles. The van der Waals surface area contributed by atoms with Gasteiger partial charge in [0.05, 0.1) is 6.04 Å². The average Bonchev–Trinajstić information content (AvgIpc) is 2.68. The smallest absolute Gasteiger partial charge is 0.234 e. The second-order valence-electron chi connectivity index (χ2n) is 3.81. The van der Waals surface area contributed by atoms with Crippen molar-refractivity contribution in [1.82, 2.24) is 15.3 Å². The van der Waals surface area contributed by atoms with Crippen molar-refractivity contribution in [3.63, 3.8) is 0 Å². The number of carbonyl (C=O) groups is 1. The molecule has 1 aromatic heterocycles. The van der Waals surface area contributed by atoms with E-state index in [-0.39, 0.29) is 18.0 Å². The van der Waals surface area contributed by atoms with Gasteiger partial charge in [-0.1, -0.05) is 25.6 Å². The van der Waals surface area contributed by atoms with Gasteiger partial charge in [-0.25, -0.2) is 4.98 Å². The predicted octanol–water partition coefficient (Wildman–Crippen LogP) is 0.744. The maximum Gasteiger partial charge on any atom is 0.234 e. The Bertz CT molecular complexity index is 313. The normalized spacial score (nSPS) is 12.9. The number of imidazole rings is 1. The number of amides is 1. The van der Waals surface area contributed by atoms with Crippen LogP contribution < -0.4 is 11.1 Å². The summed E-state index contributed by atoms with van der Waals surface area (Å²) in [5.41, 5.74) is 5.31. The third kappa shape index (κ3) is 4.67. The minimum atomic E-state index is -0.297. The number of hydrogen-bond acceptors (Lipinski definition) is 4. The Balaban J connectivity index is 2.30. The number of nitrogens with one attached hydrogen (secondary N) is 2. The summed E-state index contributed by atoms with van der Waals surface area (Å²) in [6, 6.07) is -0.00595. The zero-order valence-corrected chi connectivity index (χ0v) is 10.4. The van der Waals surface area contributed by atoms with Gasteiger partial charge in [0, 0.05) is 24.2 Å². The quantitative estimate of drug-likeness (QED) is 0.616. The molecule has 0 aliphatic carbocycles. The molecule has 1 atom stereocenters. The van der Waals surface area contributed by atoms with Crippen molar-refractivity contribution in [2.75, 3.05) is 5.75 Å². The van der Waals surface area contributed by atoms with Crippen molar-refractivity contribution in [3.8, 4) is 0 Å². The zero-order chi connectivity index (χ0) is 12.0. The number of rotatable bonds is 7. The maximum atomic E-state index is 11.2. The van der Waals surface area contributed by atoms with E-state index in [0.29, 0.717) is 6.42 Å². The van der Waals surface area contributed by atoms with Crippen molar-refractivity contribution < 1.29 is 4.79 Å². The first-order valence-electron chi connectivity index (χ1n) is 5.27. The Kier molecular flexibility index (Phi) is 5.34. The molecule has 0 bridgehead atoms. The highest BCUT2D eigenvalue weighted by Gasteiger charge is 2.15. The third-order valence-corrected chi connectivity index (χ3v) is 2.93. The van der Waals surface area contributed by atoms with E-state index in [2.05, 4.69) is 15.3 Å². The van der Waals surface area contributed by atoms with Crippen LogP contribution in [-0.2, 0) is 4.79 Å². The lowest BCUT2D eigenvalue weighted by atomic mass is 10.2. The molecule has 6 heteroatoms. The fourth-order valence-electron chi connectivity index (χ4n) is 1.31. The van der Waals surface area contributed by atoms with Gasteiger partial charge < -0.3 is 16.0 Å². The highest BCUT2D eigenvalue weighted by molar-refractivity contribution is 7.99. The van der Waals surface area contributed by atoms with E-state index in [9.17, 15) is 4.79 Å². The van der Waals surface area contributed by atoms with Crippen LogP contribution in [0.3, 0.4) is 0 Å². The van der Waals surface area contributed by atoms with Crippen LogP contribution >= 0.6 is 11.8 Å². The van der Waals surface area contributed by atoms with Gasteiger partial charge >= 0.3 is 0 Å². The Hall–Kier alpha value is -1.01. The summed E-state index contributed by atoms with van der Waals surface area (Å²) in [4.78, 5) is 18.2. The SMILES string of the molecule is CC(C)NC(CCSc1ncc[nH]1)C(N)=O. The van der Waals surface area contributed by atoms with E-state index in [1.165, 1.54) is 0 Å². The van der Waals surface area contributed by atoms with E-state index in [4.69, 9.17) is 5.73 Å². The molecule has 5 nitrogen and oxygen atoms in total. The summed E-state index contributed by atoms with van der Waals surface area (Å²) >= 11 is 1.59. The number of carbonyl (C=O) groups excluding carboxylic acids is 1. The van der Waals surface area contributed by atoms with Gasteiger partial charge in [-0.3, -0.25) is 4.79 Å². The van der Waals surface area contributed by atoms with Crippen LogP contribution in [0, 0.1) is 0 Å². The molecule has 0 saturated carbocycles. The molecule has 0 radical (unpaired) electrons. The maximum absolute atomic E-state index is 11.2. The number of thioether (sulfide) groups is 1. The first kappa shape index (κ1) is 13.1. The van der Waals surface area contributed by atoms with Crippen LogP contribution in [-0.4, -0.2) is 33.7 Å². The average molecular weight is 242 g/mol. The lowest BCUT2D eigenvalue weighted by Crippen LogP contribution is -2.44. The molecular weight excluding hydrogens is 224 g/mol. The van der Waals surface area contributed by atoms with Crippen LogP contribution in [0.25, 0.3) is 0 Å². The summed E-state index contributed by atoms with van der Waals surface area (Å²) in [5, 5.41) is 4.01. The molecular formula is C10H18N4OS. The van der Waals surface area contributed by atoms with E-state index in [1.54, 1.807) is 24.2 Å². The Labute approximate surface area is 99.6 Å². The van der Waals surface area contributed by atoms with Crippen molar-refractivity contribution in [2.45, 2.75) is 37.5 Å². The Morgan fingerprint density at radius 3 is 2.94 bits per heavy atom. The van der Waals surface area contributed by atoms with Gasteiger partial charge in [0.25, 0.3) is 0 Å². The van der Waals surface area contributed by atoms with Gasteiger partial charge in [-0.2, -0.15) is 0 Å². The Morgan fingerprint density at radius 1 is 1.69 bits per heavy atom. The third-order valence-electron chi connectivity index (χ3n) is 2.00. The van der Waals surface area contributed by atoms with Gasteiger partial charge in [0.2, 0.25) is 5.91 Å². The molecule has 0 fully saturated rings. The first-order chi connectivity index (χ1) is 7.59. The topological polar surface area (TPSA) is 83.8 Å². The summed E-state index contributed by atoms with van der Waals surface area (Å²) in [7, 11) is 0. The highest BCUT2D eigenvalue weighted by atomic mass is 32.2. The summed E-state index contributed by atoms with van der Waals surface area (Å²) in [5.74, 6) is 0.509. The molecule has 0 aromatic carbocycles. The molecule has 1 unspecified atom stereocenters. The Morgan fingerprint density at radius 2 is 2.44 bits per heavy atom. The lowest BCUT2D eigenvalue weighted by molar-refractivity contribution is -0.120. The molecule has 1 rings (SSSR count). The molecule has 1 amide bonds. The molecule has 90 valence electrons. The zero-order valence-electron chi connectivity index (χ0n) is 9.56. The summed E-state index contributed by atoms with van der Waals surface area (Å²) < 4.78 is 0. The van der Waals surface area contributed by atoms with Crippen molar-refractivity contribution in [2.24, 2.45) is 5.73 Å². The van der Waals surface area contributed by atoms with E-state index in [0.717, 1.165) is 10.9 Å². The monoisotopic (exact) mass is 242 g/mol. The van der Waals surface area contributed by atoms with Gasteiger partial charge in [0.15, 0.2) is 5.16 Å². The van der Waals surface area contributed by atoms with E-state index >= 15 is 0 Å². The first-order valence-corrected chi connectivity index (χ1v) is 6.25. The number of aromatic nitrogens is 2. The molecule has 4 N–H and O–H groups in total.